The summed E-state index contributed by atoms with van der Waals surface area (Å²) < 4.78 is 0. The summed E-state index contributed by atoms with van der Waals surface area (Å²) in [7, 11) is 0. The maximum Gasteiger partial charge on any atom is 0.277 e. The zero-order valence-corrected chi connectivity index (χ0v) is 16.8. The van der Waals surface area contributed by atoms with Gasteiger partial charge in [-0.05, 0) is 51.4 Å². The van der Waals surface area contributed by atoms with Crippen LogP contribution < -0.4 is 0 Å². The Morgan fingerprint density at radius 1 is 0.654 bits per heavy atom. The van der Waals surface area contributed by atoms with Crippen molar-refractivity contribution in [1.29, 1.82) is 0 Å². The van der Waals surface area contributed by atoms with E-state index in [1.807, 2.05) is 0 Å². The highest BCUT2D eigenvalue weighted by Gasteiger charge is 2.26. The number of hydrogen-bond acceptors (Lipinski definition) is 3. The quantitative estimate of drug-likeness (QED) is 0.184. The molecule has 0 saturated carbocycles. The third kappa shape index (κ3) is 17.7. The predicted octanol–water partition coefficient (Wildman–Crippen LogP) is 5.79. The van der Waals surface area contributed by atoms with Gasteiger partial charge in [0.2, 0.25) is 0 Å². The Morgan fingerprint density at radius 3 is 1.50 bits per heavy atom. The maximum absolute atomic E-state index is 9.01. The van der Waals surface area contributed by atoms with Crippen molar-refractivity contribution < 1.29 is 15.3 Å². The summed E-state index contributed by atoms with van der Waals surface area (Å²) in [6, 6.07) is 0. The number of allylic oxidation sites excluding steroid dienone is 8. The van der Waals surface area contributed by atoms with Crippen LogP contribution in [0.3, 0.4) is 0 Å². The molecule has 0 aromatic carbocycles. The molecule has 1 unspecified atom stereocenters. The number of unbranched alkanes of at least 4 members (excludes halogenated alkanes) is 5. The van der Waals surface area contributed by atoms with Crippen molar-refractivity contribution in [3.05, 3.63) is 48.6 Å². The summed E-state index contributed by atoms with van der Waals surface area (Å²) in [6.45, 7) is 3.87. The normalized spacial score (nSPS) is 14.5. The first-order chi connectivity index (χ1) is 12.5. The number of aliphatic hydroxyl groups is 3. The summed E-state index contributed by atoms with van der Waals surface area (Å²) in [5.41, 5.74) is 0. The van der Waals surface area contributed by atoms with E-state index in [2.05, 4.69) is 55.5 Å². The molecule has 0 spiro atoms. The molecule has 0 aromatic heterocycles. The van der Waals surface area contributed by atoms with E-state index >= 15 is 0 Å². The van der Waals surface area contributed by atoms with E-state index in [0.717, 1.165) is 38.5 Å². The average Bonchev–Trinajstić information content (AvgIpc) is 2.59. The summed E-state index contributed by atoms with van der Waals surface area (Å²) in [4.78, 5) is 0. The van der Waals surface area contributed by atoms with Crippen LogP contribution in [0.4, 0.5) is 0 Å². The van der Waals surface area contributed by atoms with Crippen molar-refractivity contribution in [1.82, 2.24) is 0 Å². The fraction of sp³-hybridized carbons (Fsp3) is 0.652. The van der Waals surface area contributed by atoms with Gasteiger partial charge in [-0.1, -0.05) is 81.7 Å². The summed E-state index contributed by atoms with van der Waals surface area (Å²) in [6.07, 6.45) is 29.2. The fourth-order valence-corrected chi connectivity index (χ4v) is 2.47. The van der Waals surface area contributed by atoms with Gasteiger partial charge in [0.1, 0.15) is 0 Å². The molecule has 0 saturated heterocycles. The minimum Gasteiger partial charge on any atom is -0.343 e. The van der Waals surface area contributed by atoms with E-state index in [1.54, 1.807) is 6.92 Å². The molecule has 0 heterocycles. The van der Waals surface area contributed by atoms with Crippen molar-refractivity contribution in [3.8, 4) is 0 Å². The largest absolute Gasteiger partial charge is 0.343 e. The molecule has 1 atom stereocenters. The van der Waals surface area contributed by atoms with Gasteiger partial charge < -0.3 is 15.3 Å². The molecule has 0 aliphatic heterocycles. The van der Waals surface area contributed by atoms with Crippen molar-refractivity contribution in [2.75, 3.05) is 0 Å². The van der Waals surface area contributed by atoms with Gasteiger partial charge >= 0.3 is 0 Å². The van der Waals surface area contributed by atoms with Crippen molar-refractivity contribution >= 4 is 0 Å². The Morgan fingerprint density at radius 2 is 1.08 bits per heavy atom. The zero-order valence-electron chi connectivity index (χ0n) is 16.8. The van der Waals surface area contributed by atoms with Crippen LogP contribution in [-0.4, -0.2) is 21.3 Å². The lowest BCUT2D eigenvalue weighted by molar-refractivity contribution is -0.339. The van der Waals surface area contributed by atoms with Gasteiger partial charge in [0.25, 0.3) is 5.97 Å². The number of rotatable bonds is 16. The maximum atomic E-state index is 9.01. The lowest BCUT2D eigenvalue weighted by Crippen LogP contribution is -2.35. The minimum atomic E-state index is -2.54. The van der Waals surface area contributed by atoms with Gasteiger partial charge in [0, 0.05) is 5.92 Å². The molecule has 150 valence electrons. The molecule has 0 aliphatic carbocycles. The molecule has 0 amide bonds. The molecule has 26 heavy (non-hydrogen) atoms. The van der Waals surface area contributed by atoms with E-state index in [-0.39, 0.29) is 0 Å². The lowest BCUT2D eigenvalue weighted by atomic mass is 10.0. The van der Waals surface area contributed by atoms with Crippen LogP contribution in [0.15, 0.2) is 48.6 Å². The van der Waals surface area contributed by atoms with Gasteiger partial charge in [0.15, 0.2) is 0 Å². The van der Waals surface area contributed by atoms with Crippen LogP contribution in [0, 0.1) is 5.92 Å². The first-order valence-corrected chi connectivity index (χ1v) is 10.3. The van der Waals surface area contributed by atoms with E-state index in [0.29, 0.717) is 6.42 Å². The average molecular weight is 365 g/mol. The van der Waals surface area contributed by atoms with Gasteiger partial charge in [-0.3, -0.25) is 0 Å². The van der Waals surface area contributed by atoms with Crippen LogP contribution in [-0.2, 0) is 0 Å². The first kappa shape index (κ1) is 24.8. The first-order valence-electron chi connectivity index (χ1n) is 10.3. The molecule has 0 rings (SSSR count). The van der Waals surface area contributed by atoms with Gasteiger partial charge in [-0.15, -0.1) is 0 Å². The SMILES string of the molecule is CCCCC/C=C\C/C=C\C/C=C\C/C=C\CCCCC(C)C(O)(O)O. The number of hydrogen-bond donors (Lipinski definition) is 3. The summed E-state index contributed by atoms with van der Waals surface area (Å²) in [5.74, 6) is -3.06. The molecule has 0 aromatic rings. The third-order valence-corrected chi connectivity index (χ3v) is 4.38. The van der Waals surface area contributed by atoms with Crippen LogP contribution >= 0.6 is 0 Å². The second kappa shape index (κ2) is 17.3. The molecular formula is C23H40O3. The van der Waals surface area contributed by atoms with Crippen LogP contribution in [0.5, 0.6) is 0 Å². The van der Waals surface area contributed by atoms with Crippen LogP contribution in [0.1, 0.15) is 84.5 Å². The monoisotopic (exact) mass is 364 g/mol. The summed E-state index contributed by atoms with van der Waals surface area (Å²) in [5, 5.41) is 27.0. The molecule has 0 fully saturated rings. The third-order valence-electron chi connectivity index (χ3n) is 4.38. The van der Waals surface area contributed by atoms with Crippen molar-refractivity contribution in [2.45, 2.75) is 90.4 Å². The van der Waals surface area contributed by atoms with Crippen molar-refractivity contribution in [2.24, 2.45) is 5.92 Å². The fourth-order valence-electron chi connectivity index (χ4n) is 2.47. The van der Waals surface area contributed by atoms with E-state index in [9.17, 15) is 0 Å². The van der Waals surface area contributed by atoms with Gasteiger partial charge in [0.05, 0.1) is 0 Å². The van der Waals surface area contributed by atoms with E-state index in [4.69, 9.17) is 15.3 Å². The second-order valence-electron chi connectivity index (χ2n) is 6.96. The van der Waals surface area contributed by atoms with E-state index < -0.39 is 11.9 Å². The molecular weight excluding hydrogens is 324 g/mol. The molecule has 0 aliphatic rings. The molecule has 0 radical (unpaired) electrons. The van der Waals surface area contributed by atoms with Gasteiger partial charge in [-0.2, -0.15) is 0 Å². The topological polar surface area (TPSA) is 60.7 Å². The van der Waals surface area contributed by atoms with Crippen LogP contribution in [0.2, 0.25) is 0 Å². The Labute approximate surface area is 160 Å². The van der Waals surface area contributed by atoms with Gasteiger partial charge in [-0.25, -0.2) is 0 Å². The Bertz CT molecular complexity index is 414. The second-order valence-corrected chi connectivity index (χ2v) is 6.96. The molecule has 0 bridgehead atoms. The highest BCUT2D eigenvalue weighted by atomic mass is 16.7. The highest BCUT2D eigenvalue weighted by Crippen LogP contribution is 2.18. The predicted molar refractivity (Wildman–Crippen MR) is 112 cm³/mol. The minimum absolute atomic E-state index is 0.515. The Balaban J connectivity index is 3.49. The Kier molecular flexibility index (Phi) is 16.5. The molecule has 3 heteroatoms. The molecule has 3 N–H and O–H groups in total. The highest BCUT2D eigenvalue weighted by molar-refractivity contribution is 4.99. The van der Waals surface area contributed by atoms with E-state index in [1.165, 1.54) is 25.7 Å². The van der Waals surface area contributed by atoms with Crippen LogP contribution in [0.25, 0.3) is 0 Å². The smallest absolute Gasteiger partial charge is 0.277 e. The van der Waals surface area contributed by atoms with Crippen molar-refractivity contribution in [3.63, 3.8) is 0 Å². The Hall–Kier alpha value is -1.16. The zero-order chi connectivity index (χ0) is 19.5. The molecule has 3 nitrogen and oxygen atoms in total. The lowest BCUT2D eigenvalue weighted by Gasteiger charge is -2.21. The summed E-state index contributed by atoms with van der Waals surface area (Å²) >= 11 is 0. The standard InChI is InChI=1S/C23H40O3/c1-3-4-5-6-7-8-9-10-11-12-13-14-15-16-17-18-19-20-21-22(2)23(24,25)26/h7-8,10-11,13-14,16-17,22,24-26H,3-6,9,12,15,18-21H2,1-2H3/b8-7-,11-10-,14-13-,17-16-.